The summed E-state index contributed by atoms with van der Waals surface area (Å²) in [5, 5.41) is 0.762. The summed E-state index contributed by atoms with van der Waals surface area (Å²) in [4.78, 5) is 7.21. The molecule has 2 N–H and O–H groups in total. The lowest BCUT2D eigenvalue weighted by atomic mass is 10.1. The largest absolute Gasteiger partial charge is 0.341 e. The average molecular weight is 341 g/mol. The SMILES string of the molecule is NC1CCCN(c2nc3ccccc3n2Cc2cccc(Cl)c2)C1. The molecule has 4 nitrogen and oxygen atoms in total. The van der Waals surface area contributed by atoms with Crippen molar-refractivity contribution in [1.82, 2.24) is 9.55 Å². The number of hydrogen-bond acceptors (Lipinski definition) is 3. The molecule has 1 atom stereocenters. The first kappa shape index (κ1) is 15.5. The van der Waals surface area contributed by atoms with Gasteiger partial charge in [-0.25, -0.2) is 4.98 Å². The molecule has 0 saturated carbocycles. The summed E-state index contributed by atoms with van der Waals surface area (Å²) in [6.07, 6.45) is 2.20. The molecule has 0 bridgehead atoms. The average Bonchev–Trinajstić information content (AvgIpc) is 2.94. The zero-order chi connectivity index (χ0) is 16.5. The Kier molecular flexibility index (Phi) is 4.17. The van der Waals surface area contributed by atoms with Gasteiger partial charge in [-0.3, -0.25) is 0 Å². The summed E-state index contributed by atoms with van der Waals surface area (Å²) in [6, 6.07) is 16.5. The quantitative estimate of drug-likeness (QED) is 0.791. The Morgan fingerprint density at radius 2 is 2.04 bits per heavy atom. The molecule has 5 heteroatoms. The van der Waals surface area contributed by atoms with Gasteiger partial charge in [0.2, 0.25) is 5.95 Å². The Balaban J connectivity index is 1.78. The van der Waals surface area contributed by atoms with Gasteiger partial charge in [-0.05, 0) is 42.7 Å². The van der Waals surface area contributed by atoms with E-state index in [0.717, 1.165) is 54.5 Å². The van der Waals surface area contributed by atoms with Crippen LogP contribution in [0.2, 0.25) is 5.02 Å². The van der Waals surface area contributed by atoms with Crippen LogP contribution in [0.3, 0.4) is 0 Å². The van der Waals surface area contributed by atoms with Crippen molar-refractivity contribution in [3.63, 3.8) is 0 Å². The molecule has 0 aliphatic carbocycles. The van der Waals surface area contributed by atoms with Crippen molar-refractivity contribution in [3.8, 4) is 0 Å². The van der Waals surface area contributed by atoms with Crippen LogP contribution in [0.5, 0.6) is 0 Å². The van der Waals surface area contributed by atoms with E-state index in [2.05, 4.69) is 33.7 Å². The second kappa shape index (κ2) is 6.46. The smallest absolute Gasteiger partial charge is 0.206 e. The van der Waals surface area contributed by atoms with Crippen molar-refractivity contribution in [1.29, 1.82) is 0 Å². The Labute approximate surface area is 146 Å². The maximum atomic E-state index is 6.18. The summed E-state index contributed by atoms with van der Waals surface area (Å²) in [7, 11) is 0. The molecule has 3 aromatic rings. The zero-order valence-corrected chi connectivity index (χ0v) is 14.3. The monoisotopic (exact) mass is 340 g/mol. The summed E-state index contributed by atoms with van der Waals surface area (Å²) < 4.78 is 2.28. The molecule has 0 amide bonds. The van der Waals surface area contributed by atoms with Gasteiger partial charge in [-0.15, -0.1) is 0 Å². The Morgan fingerprint density at radius 1 is 1.17 bits per heavy atom. The van der Waals surface area contributed by atoms with Crippen LogP contribution in [0.1, 0.15) is 18.4 Å². The number of nitrogens with zero attached hydrogens (tertiary/aromatic N) is 3. The third kappa shape index (κ3) is 2.99. The summed E-state index contributed by atoms with van der Waals surface area (Å²) in [6.45, 7) is 2.62. The number of anilines is 1. The van der Waals surface area contributed by atoms with Gasteiger partial charge in [0.05, 0.1) is 17.6 Å². The summed E-state index contributed by atoms with van der Waals surface area (Å²) >= 11 is 6.16. The van der Waals surface area contributed by atoms with Crippen molar-refractivity contribution < 1.29 is 0 Å². The van der Waals surface area contributed by atoms with Crippen molar-refractivity contribution in [2.24, 2.45) is 5.73 Å². The minimum Gasteiger partial charge on any atom is -0.341 e. The van der Waals surface area contributed by atoms with Gasteiger partial charge >= 0.3 is 0 Å². The van der Waals surface area contributed by atoms with Crippen LogP contribution in [-0.2, 0) is 6.54 Å². The third-order valence-corrected chi connectivity index (χ3v) is 4.84. The van der Waals surface area contributed by atoms with Crippen molar-refractivity contribution in [3.05, 3.63) is 59.1 Å². The molecule has 1 aromatic heterocycles. The van der Waals surface area contributed by atoms with Gasteiger partial charge in [0.25, 0.3) is 0 Å². The normalized spacial score (nSPS) is 18.2. The lowest BCUT2D eigenvalue weighted by Crippen LogP contribution is -2.44. The van der Waals surface area contributed by atoms with Gasteiger partial charge < -0.3 is 15.2 Å². The first-order valence-corrected chi connectivity index (χ1v) is 8.79. The number of fused-ring (bicyclic) bond motifs is 1. The highest BCUT2D eigenvalue weighted by Crippen LogP contribution is 2.26. The van der Waals surface area contributed by atoms with Crippen molar-refractivity contribution in [2.45, 2.75) is 25.4 Å². The Hall–Kier alpha value is -2.04. The standard InChI is InChI=1S/C19H21ClN4/c20-15-6-3-5-14(11-15)12-24-18-9-2-1-8-17(18)22-19(24)23-10-4-7-16(21)13-23/h1-3,5-6,8-9,11,16H,4,7,10,12-13,21H2. The maximum absolute atomic E-state index is 6.18. The number of piperidine rings is 1. The highest BCUT2D eigenvalue weighted by molar-refractivity contribution is 6.30. The van der Waals surface area contributed by atoms with Crippen LogP contribution in [0.25, 0.3) is 11.0 Å². The molecular formula is C19H21ClN4. The van der Waals surface area contributed by atoms with Crippen LogP contribution in [-0.4, -0.2) is 28.7 Å². The van der Waals surface area contributed by atoms with Gasteiger partial charge in [0.15, 0.2) is 0 Å². The molecule has 1 unspecified atom stereocenters. The molecule has 24 heavy (non-hydrogen) atoms. The fourth-order valence-electron chi connectivity index (χ4n) is 3.47. The van der Waals surface area contributed by atoms with Gasteiger partial charge in [-0.1, -0.05) is 35.9 Å². The highest BCUT2D eigenvalue weighted by Gasteiger charge is 2.22. The van der Waals surface area contributed by atoms with E-state index in [4.69, 9.17) is 22.3 Å². The molecule has 1 fully saturated rings. The minimum atomic E-state index is 0.221. The number of hydrogen-bond donors (Lipinski definition) is 1. The summed E-state index contributed by atoms with van der Waals surface area (Å²) in [5.41, 5.74) is 9.52. The van der Waals surface area contributed by atoms with E-state index in [-0.39, 0.29) is 6.04 Å². The van der Waals surface area contributed by atoms with E-state index in [9.17, 15) is 0 Å². The predicted molar refractivity (Wildman–Crippen MR) is 99.7 cm³/mol. The van der Waals surface area contributed by atoms with E-state index in [1.165, 1.54) is 5.56 Å². The number of imidazole rings is 1. The van der Waals surface area contributed by atoms with E-state index in [0.29, 0.717) is 0 Å². The molecule has 1 saturated heterocycles. The zero-order valence-electron chi connectivity index (χ0n) is 13.5. The maximum Gasteiger partial charge on any atom is 0.206 e. The number of benzene rings is 2. The first-order valence-electron chi connectivity index (χ1n) is 8.41. The number of halogens is 1. The number of aromatic nitrogens is 2. The van der Waals surface area contributed by atoms with Crippen molar-refractivity contribution >= 4 is 28.6 Å². The fraction of sp³-hybridized carbons (Fsp3) is 0.316. The number of nitrogens with two attached hydrogens (primary N) is 1. The molecule has 2 aromatic carbocycles. The number of para-hydroxylation sites is 2. The van der Waals surface area contributed by atoms with Gasteiger partial charge in [0.1, 0.15) is 0 Å². The van der Waals surface area contributed by atoms with Crippen LogP contribution < -0.4 is 10.6 Å². The van der Waals surface area contributed by atoms with Gasteiger partial charge in [-0.2, -0.15) is 0 Å². The topological polar surface area (TPSA) is 47.1 Å². The first-order chi connectivity index (χ1) is 11.7. The lowest BCUT2D eigenvalue weighted by molar-refractivity contribution is 0.495. The van der Waals surface area contributed by atoms with Crippen LogP contribution in [0.4, 0.5) is 5.95 Å². The van der Waals surface area contributed by atoms with E-state index in [1.54, 1.807) is 0 Å². The lowest BCUT2D eigenvalue weighted by Gasteiger charge is -2.32. The van der Waals surface area contributed by atoms with E-state index >= 15 is 0 Å². The Morgan fingerprint density at radius 3 is 2.88 bits per heavy atom. The van der Waals surface area contributed by atoms with Gasteiger partial charge in [0, 0.05) is 24.2 Å². The highest BCUT2D eigenvalue weighted by atomic mass is 35.5. The second-order valence-corrected chi connectivity index (χ2v) is 6.90. The molecule has 0 radical (unpaired) electrons. The molecule has 2 heterocycles. The Bertz CT molecular complexity index is 857. The molecular weight excluding hydrogens is 320 g/mol. The van der Waals surface area contributed by atoms with Crippen molar-refractivity contribution in [2.75, 3.05) is 18.0 Å². The molecule has 124 valence electrons. The molecule has 1 aliphatic heterocycles. The predicted octanol–water partition coefficient (Wildman–Crippen LogP) is 3.67. The number of rotatable bonds is 3. The molecule has 1 aliphatic rings. The van der Waals surface area contributed by atoms with Crippen LogP contribution >= 0.6 is 11.6 Å². The molecule has 4 rings (SSSR count). The summed E-state index contributed by atoms with van der Waals surface area (Å²) in [5.74, 6) is 1.01. The fourth-order valence-corrected chi connectivity index (χ4v) is 3.68. The second-order valence-electron chi connectivity index (χ2n) is 6.46. The van der Waals surface area contributed by atoms with Crippen LogP contribution in [0.15, 0.2) is 48.5 Å². The minimum absolute atomic E-state index is 0.221. The molecule has 0 spiro atoms. The van der Waals surface area contributed by atoms with E-state index in [1.807, 2.05) is 24.3 Å². The third-order valence-electron chi connectivity index (χ3n) is 4.60. The van der Waals surface area contributed by atoms with E-state index < -0.39 is 0 Å². The van der Waals surface area contributed by atoms with Crippen LogP contribution in [0, 0.1) is 0 Å².